The van der Waals surface area contributed by atoms with Crippen LogP contribution in [-0.2, 0) is 5.41 Å². The van der Waals surface area contributed by atoms with Crippen molar-refractivity contribution in [3.05, 3.63) is 313 Å². The van der Waals surface area contributed by atoms with E-state index in [1.165, 1.54) is 88.4 Å². The molecule has 0 unspecified atom stereocenters. The molecule has 0 amide bonds. The van der Waals surface area contributed by atoms with E-state index in [-0.39, 0.29) is 0 Å². The zero-order valence-corrected chi connectivity index (χ0v) is 41.4. The van der Waals surface area contributed by atoms with Gasteiger partial charge in [-0.15, -0.1) is 0 Å². The summed E-state index contributed by atoms with van der Waals surface area (Å²) >= 11 is 0. The van der Waals surface area contributed by atoms with Gasteiger partial charge >= 0.3 is 0 Å². The molecule has 74 heavy (non-hydrogen) atoms. The SMILES string of the molecule is C\C=C/C=C\C=C\c1ccc(N(c2cccc(-c3cccc(-c4ccc5c(c4)c4ccccc4n5-c4ccc5ccccc5c4)c3)c2)c2ccc3c(c2)C(c2ccccc2)(c2ccccc2)C2=C3C=CCC2)cc1. The summed E-state index contributed by atoms with van der Waals surface area (Å²) in [5.41, 5.74) is 20.3. The molecule has 2 aliphatic rings. The summed E-state index contributed by atoms with van der Waals surface area (Å²) in [6.45, 7) is 2.03. The van der Waals surface area contributed by atoms with Crippen molar-refractivity contribution in [1.29, 1.82) is 0 Å². The fourth-order valence-corrected chi connectivity index (χ4v) is 11.9. The zero-order chi connectivity index (χ0) is 49.4. The maximum absolute atomic E-state index is 2.49. The first-order valence-corrected chi connectivity index (χ1v) is 25.9. The van der Waals surface area contributed by atoms with Crippen molar-refractivity contribution in [2.24, 2.45) is 0 Å². The molecule has 0 radical (unpaired) electrons. The number of rotatable bonds is 11. The highest BCUT2D eigenvalue weighted by Gasteiger charge is 2.47. The summed E-state index contributed by atoms with van der Waals surface area (Å²) in [5, 5.41) is 4.97. The van der Waals surface area contributed by atoms with Crippen LogP contribution in [-0.4, -0.2) is 4.57 Å². The molecular formula is C72H54N2. The van der Waals surface area contributed by atoms with Gasteiger partial charge in [-0.3, -0.25) is 0 Å². The van der Waals surface area contributed by atoms with E-state index in [0.29, 0.717) is 0 Å². The van der Waals surface area contributed by atoms with Crippen molar-refractivity contribution in [2.45, 2.75) is 25.2 Å². The number of nitrogens with zero attached hydrogens (tertiary/aromatic N) is 2. The second-order valence-corrected chi connectivity index (χ2v) is 19.5. The number of para-hydroxylation sites is 1. The molecule has 1 aromatic heterocycles. The first-order valence-electron chi connectivity index (χ1n) is 25.9. The van der Waals surface area contributed by atoms with Gasteiger partial charge in [-0.1, -0.05) is 212 Å². The second kappa shape index (κ2) is 19.1. The topological polar surface area (TPSA) is 8.17 Å². The van der Waals surface area contributed by atoms with Crippen LogP contribution < -0.4 is 4.90 Å². The minimum absolute atomic E-state index is 0.439. The summed E-state index contributed by atoms with van der Waals surface area (Å²) in [6, 6.07) is 87.8. The monoisotopic (exact) mass is 946 g/mol. The highest BCUT2D eigenvalue weighted by atomic mass is 15.1. The van der Waals surface area contributed by atoms with E-state index in [4.69, 9.17) is 0 Å². The van der Waals surface area contributed by atoms with Crippen LogP contribution in [0, 0.1) is 0 Å². The van der Waals surface area contributed by atoms with Crippen LogP contribution >= 0.6 is 0 Å². The summed E-state index contributed by atoms with van der Waals surface area (Å²) in [5.74, 6) is 0. The molecule has 0 bridgehead atoms. The third kappa shape index (κ3) is 7.75. The first-order chi connectivity index (χ1) is 36.7. The number of hydrogen-bond acceptors (Lipinski definition) is 1. The van der Waals surface area contributed by atoms with Gasteiger partial charge in [-0.25, -0.2) is 0 Å². The Bertz CT molecular complexity index is 4030. The third-order valence-corrected chi connectivity index (χ3v) is 15.3. The van der Waals surface area contributed by atoms with E-state index in [1.54, 1.807) is 0 Å². The molecule has 13 rings (SSSR count). The molecule has 11 aromatic rings. The number of fused-ring (bicyclic) bond motifs is 6. The number of hydrogen-bond donors (Lipinski definition) is 0. The maximum atomic E-state index is 2.49. The van der Waals surface area contributed by atoms with Crippen LogP contribution in [0.3, 0.4) is 0 Å². The molecule has 2 nitrogen and oxygen atoms in total. The summed E-state index contributed by atoms with van der Waals surface area (Å²) < 4.78 is 2.41. The van der Waals surface area contributed by atoms with Gasteiger partial charge in [0.25, 0.3) is 0 Å². The molecule has 0 saturated carbocycles. The van der Waals surface area contributed by atoms with Crippen LogP contribution in [0.15, 0.2) is 285 Å². The summed E-state index contributed by atoms with van der Waals surface area (Å²) in [4.78, 5) is 2.44. The van der Waals surface area contributed by atoms with Crippen LogP contribution in [0.5, 0.6) is 0 Å². The standard InChI is InChI=1S/C72H54N2/c1-2-3-4-5-8-21-51-36-40-60(41-37-51)73(63-43-44-65-64-32-15-17-34-68(64)72(69(65)50-63,58-27-9-6-10-28-58)59-29-11-7-12-30-59)61-31-20-26-56(48-61)53-24-19-25-54(46-53)57-39-45-71-67(49-57)66-33-16-18-35-70(66)74(71)62-42-38-52-22-13-14-23-55(52)47-62/h2-16,18-33,35-50H,17,34H2,1H3/b3-2-,5-4-,21-8+. The molecule has 0 atom stereocenters. The molecule has 10 aromatic carbocycles. The first kappa shape index (κ1) is 44.7. The molecule has 0 saturated heterocycles. The Morgan fingerprint density at radius 2 is 1.11 bits per heavy atom. The van der Waals surface area contributed by atoms with Gasteiger partial charge in [-0.05, 0) is 165 Å². The van der Waals surface area contributed by atoms with E-state index < -0.39 is 5.41 Å². The van der Waals surface area contributed by atoms with Gasteiger partial charge in [0.05, 0.1) is 16.4 Å². The van der Waals surface area contributed by atoms with E-state index >= 15 is 0 Å². The lowest BCUT2D eigenvalue weighted by Gasteiger charge is -2.37. The smallest absolute Gasteiger partial charge is 0.0677 e. The fraction of sp³-hybridized carbons (Fsp3) is 0.0556. The third-order valence-electron chi connectivity index (χ3n) is 15.3. The Morgan fingerprint density at radius 3 is 1.89 bits per heavy atom. The van der Waals surface area contributed by atoms with Crippen molar-refractivity contribution in [1.82, 2.24) is 4.57 Å². The largest absolute Gasteiger partial charge is 0.310 e. The Balaban J connectivity index is 0.924. The summed E-state index contributed by atoms with van der Waals surface area (Å²) in [6.07, 6.45) is 19.2. The maximum Gasteiger partial charge on any atom is 0.0677 e. The zero-order valence-electron chi connectivity index (χ0n) is 41.4. The Hall–Kier alpha value is -9.24. The molecule has 0 spiro atoms. The van der Waals surface area contributed by atoms with Gasteiger partial charge in [0.1, 0.15) is 0 Å². The van der Waals surface area contributed by atoms with E-state index in [2.05, 4.69) is 283 Å². The predicted octanol–water partition coefficient (Wildman–Crippen LogP) is 19.3. The van der Waals surface area contributed by atoms with E-state index in [9.17, 15) is 0 Å². The molecule has 2 heteroatoms. The number of allylic oxidation sites excluding steroid dienone is 9. The van der Waals surface area contributed by atoms with Crippen molar-refractivity contribution in [3.63, 3.8) is 0 Å². The van der Waals surface area contributed by atoms with Crippen LogP contribution in [0.25, 0.3) is 72.2 Å². The molecule has 0 aliphatic heterocycles. The van der Waals surface area contributed by atoms with E-state index in [1.807, 2.05) is 19.1 Å². The molecule has 2 aliphatic carbocycles. The van der Waals surface area contributed by atoms with Gasteiger partial charge in [0, 0.05) is 33.5 Å². The number of benzene rings is 10. The average molecular weight is 947 g/mol. The highest BCUT2D eigenvalue weighted by molar-refractivity contribution is 6.11. The predicted molar refractivity (Wildman–Crippen MR) is 315 cm³/mol. The van der Waals surface area contributed by atoms with Gasteiger partial charge in [0.15, 0.2) is 0 Å². The van der Waals surface area contributed by atoms with Crippen molar-refractivity contribution in [2.75, 3.05) is 4.90 Å². The van der Waals surface area contributed by atoms with Crippen LogP contribution in [0.4, 0.5) is 17.1 Å². The molecule has 1 heterocycles. The van der Waals surface area contributed by atoms with Crippen molar-refractivity contribution < 1.29 is 0 Å². The molecule has 0 fully saturated rings. The molecular weight excluding hydrogens is 893 g/mol. The molecule has 0 N–H and O–H groups in total. The Morgan fingerprint density at radius 1 is 0.459 bits per heavy atom. The van der Waals surface area contributed by atoms with Gasteiger partial charge in [-0.2, -0.15) is 0 Å². The van der Waals surface area contributed by atoms with Crippen molar-refractivity contribution in [3.8, 4) is 27.9 Å². The lowest BCUT2D eigenvalue weighted by molar-refractivity contribution is 0.696. The van der Waals surface area contributed by atoms with Crippen LogP contribution in [0.2, 0.25) is 0 Å². The number of aromatic nitrogens is 1. The lowest BCUT2D eigenvalue weighted by atomic mass is 9.65. The Kier molecular flexibility index (Phi) is 11.5. The lowest BCUT2D eigenvalue weighted by Crippen LogP contribution is -2.30. The van der Waals surface area contributed by atoms with E-state index in [0.717, 1.165) is 41.0 Å². The second-order valence-electron chi connectivity index (χ2n) is 19.5. The number of anilines is 3. The summed E-state index contributed by atoms with van der Waals surface area (Å²) in [7, 11) is 0. The average Bonchev–Trinajstić information content (AvgIpc) is 3.97. The minimum atomic E-state index is -0.439. The molecule has 352 valence electrons. The normalized spacial score (nSPS) is 14.0. The van der Waals surface area contributed by atoms with Gasteiger partial charge < -0.3 is 9.47 Å². The quantitative estimate of drug-likeness (QED) is 0.117. The van der Waals surface area contributed by atoms with Crippen molar-refractivity contribution >= 4 is 61.3 Å². The highest BCUT2D eigenvalue weighted by Crippen LogP contribution is 2.58. The Labute approximate surface area is 434 Å². The minimum Gasteiger partial charge on any atom is -0.310 e. The fourth-order valence-electron chi connectivity index (χ4n) is 11.9. The van der Waals surface area contributed by atoms with Crippen LogP contribution in [0.1, 0.15) is 47.6 Å². The van der Waals surface area contributed by atoms with Gasteiger partial charge in [0.2, 0.25) is 0 Å².